The molecule has 0 unspecified atom stereocenters. The summed E-state index contributed by atoms with van der Waals surface area (Å²) in [6.07, 6.45) is 1.13. The summed E-state index contributed by atoms with van der Waals surface area (Å²) in [7, 11) is 0. The van der Waals surface area contributed by atoms with E-state index in [1.165, 1.54) is 16.7 Å². The van der Waals surface area contributed by atoms with Gasteiger partial charge in [0.25, 0.3) is 0 Å². The average Bonchev–Trinajstić information content (AvgIpc) is 2.55. The van der Waals surface area contributed by atoms with E-state index in [4.69, 9.17) is 4.74 Å². The Kier molecular flexibility index (Phi) is 5.36. The van der Waals surface area contributed by atoms with Crippen LogP contribution in [0, 0.1) is 5.82 Å². The summed E-state index contributed by atoms with van der Waals surface area (Å²) in [5.41, 5.74) is -1.22. The normalized spacial score (nSPS) is 10.8. The average molecular weight is 347 g/mol. The first-order valence-electron chi connectivity index (χ1n) is 7.73. The van der Waals surface area contributed by atoms with E-state index >= 15 is 0 Å². The maximum Gasteiger partial charge on any atom is 0.355 e. The molecule has 1 N–H and O–H groups in total. The second kappa shape index (κ2) is 7.29. The Morgan fingerprint density at radius 3 is 2.32 bits per heavy atom. The zero-order chi connectivity index (χ0) is 18.7. The SMILES string of the molecule is CCOC(=O)c1c(-c2ccc(F)cc2)c(=O)c(C(=O)O)cn1C(C)C. The molecule has 7 heteroatoms. The monoisotopic (exact) mass is 347 g/mol. The number of benzene rings is 1. The zero-order valence-electron chi connectivity index (χ0n) is 14.1. The topological polar surface area (TPSA) is 85.6 Å². The first-order valence-corrected chi connectivity index (χ1v) is 7.73. The van der Waals surface area contributed by atoms with Crippen molar-refractivity contribution in [3.63, 3.8) is 0 Å². The van der Waals surface area contributed by atoms with E-state index < -0.39 is 28.7 Å². The van der Waals surface area contributed by atoms with Crippen LogP contribution in [0.4, 0.5) is 4.39 Å². The standard InChI is InChI=1S/C18H18FNO5/c1-4-25-18(24)15-14(11-5-7-12(19)8-6-11)16(21)13(17(22)23)9-20(15)10(2)3/h5-10H,4H2,1-3H3,(H,22,23). The second-order valence-electron chi connectivity index (χ2n) is 5.63. The summed E-state index contributed by atoms with van der Waals surface area (Å²) >= 11 is 0. The number of nitrogens with zero attached hydrogens (tertiary/aromatic N) is 1. The minimum absolute atomic E-state index is 0.0570. The molecule has 0 radical (unpaired) electrons. The Bertz CT molecular complexity index is 868. The van der Waals surface area contributed by atoms with E-state index in [-0.39, 0.29) is 29.5 Å². The van der Waals surface area contributed by atoms with Crippen molar-refractivity contribution in [2.45, 2.75) is 26.8 Å². The van der Waals surface area contributed by atoms with Gasteiger partial charge in [-0.1, -0.05) is 12.1 Å². The smallest absolute Gasteiger partial charge is 0.355 e. The lowest BCUT2D eigenvalue weighted by molar-refractivity contribution is 0.0509. The molecule has 0 spiro atoms. The maximum atomic E-state index is 13.2. The van der Waals surface area contributed by atoms with Crippen molar-refractivity contribution in [2.75, 3.05) is 6.61 Å². The third-order valence-electron chi connectivity index (χ3n) is 3.62. The molecule has 6 nitrogen and oxygen atoms in total. The quantitative estimate of drug-likeness (QED) is 0.840. The van der Waals surface area contributed by atoms with Crippen molar-refractivity contribution in [1.82, 2.24) is 4.57 Å². The molecule has 1 aromatic heterocycles. The van der Waals surface area contributed by atoms with Gasteiger partial charge in [-0.15, -0.1) is 0 Å². The van der Waals surface area contributed by atoms with Gasteiger partial charge in [-0.2, -0.15) is 0 Å². The van der Waals surface area contributed by atoms with Crippen LogP contribution in [0.2, 0.25) is 0 Å². The van der Waals surface area contributed by atoms with Gasteiger partial charge in [0.2, 0.25) is 5.43 Å². The molecule has 25 heavy (non-hydrogen) atoms. The highest BCUT2D eigenvalue weighted by Crippen LogP contribution is 2.25. The number of carbonyl (C=O) groups is 2. The van der Waals surface area contributed by atoms with Gasteiger partial charge in [0, 0.05) is 12.2 Å². The molecule has 0 aliphatic carbocycles. The summed E-state index contributed by atoms with van der Waals surface area (Å²) in [5, 5.41) is 9.33. The van der Waals surface area contributed by atoms with Crippen molar-refractivity contribution in [1.29, 1.82) is 0 Å². The predicted octanol–water partition coefficient (Wildman–Crippen LogP) is 3.11. The largest absolute Gasteiger partial charge is 0.477 e. The molecule has 2 rings (SSSR count). The molecule has 1 aromatic carbocycles. The van der Waals surface area contributed by atoms with Gasteiger partial charge in [-0.05, 0) is 38.5 Å². The van der Waals surface area contributed by atoms with Gasteiger partial charge in [0.15, 0.2) is 0 Å². The second-order valence-corrected chi connectivity index (χ2v) is 5.63. The number of rotatable bonds is 5. The summed E-state index contributed by atoms with van der Waals surface area (Å²) in [4.78, 5) is 36.6. The van der Waals surface area contributed by atoms with Crippen LogP contribution in [0.5, 0.6) is 0 Å². The summed E-state index contributed by atoms with van der Waals surface area (Å²) < 4.78 is 19.7. The van der Waals surface area contributed by atoms with E-state index in [0.717, 1.165) is 18.3 Å². The highest BCUT2D eigenvalue weighted by molar-refractivity contribution is 5.98. The van der Waals surface area contributed by atoms with Crippen molar-refractivity contribution >= 4 is 11.9 Å². The Labute approximate surface area is 143 Å². The highest BCUT2D eigenvalue weighted by atomic mass is 19.1. The fourth-order valence-electron chi connectivity index (χ4n) is 2.48. The summed E-state index contributed by atoms with van der Waals surface area (Å²) in [6.45, 7) is 5.20. The number of hydrogen-bond donors (Lipinski definition) is 1. The van der Waals surface area contributed by atoms with Gasteiger partial charge in [0.05, 0.1) is 12.2 Å². The molecule has 0 amide bonds. The van der Waals surface area contributed by atoms with Gasteiger partial charge >= 0.3 is 11.9 Å². The molecule has 0 aliphatic rings. The molecule has 0 fully saturated rings. The maximum absolute atomic E-state index is 13.2. The Balaban J connectivity index is 2.93. The summed E-state index contributed by atoms with van der Waals surface area (Å²) in [6, 6.07) is 4.61. The van der Waals surface area contributed by atoms with E-state index in [0.29, 0.717) is 0 Å². The fraction of sp³-hybridized carbons (Fsp3) is 0.278. The van der Waals surface area contributed by atoms with Crippen LogP contribution in [0.15, 0.2) is 35.3 Å². The number of hydrogen-bond acceptors (Lipinski definition) is 4. The van der Waals surface area contributed by atoms with Crippen LogP contribution in [0.3, 0.4) is 0 Å². The van der Waals surface area contributed by atoms with Crippen molar-refractivity contribution in [3.8, 4) is 11.1 Å². The van der Waals surface area contributed by atoms with Crippen LogP contribution in [0.1, 0.15) is 47.7 Å². The van der Waals surface area contributed by atoms with Gasteiger partial charge in [-0.3, -0.25) is 4.79 Å². The molecule has 1 heterocycles. The lowest BCUT2D eigenvalue weighted by Crippen LogP contribution is -2.27. The number of esters is 1. The van der Waals surface area contributed by atoms with E-state index in [2.05, 4.69) is 0 Å². The molecule has 0 atom stereocenters. The number of ether oxygens (including phenoxy) is 1. The third-order valence-corrected chi connectivity index (χ3v) is 3.62. The number of carboxylic acid groups (broad SMARTS) is 1. The Morgan fingerprint density at radius 2 is 1.84 bits per heavy atom. The number of aromatic carboxylic acids is 1. The van der Waals surface area contributed by atoms with Crippen molar-refractivity contribution in [3.05, 3.63) is 57.8 Å². The van der Waals surface area contributed by atoms with Crippen LogP contribution >= 0.6 is 0 Å². The number of aromatic nitrogens is 1. The van der Waals surface area contributed by atoms with Crippen molar-refractivity contribution < 1.29 is 23.8 Å². The van der Waals surface area contributed by atoms with Crippen LogP contribution < -0.4 is 5.43 Å². The molecule has 0 bridgehead atoms. The number of pyridine rings is 1. The first kappa shape index (κ1) is 18.4. The lowest BCUT2D eigenvalue weighted by Gasteiger charge is -2.20. The molecule has 2 aromatic rings. The molecule has 0 saturated heterocycles. The van der Waals surface area contributed by atoms with Crippen molar-refractivity contribution in [2.24, 2.45) is 0 Å². The van der Waals surface area contributed by atoms with Gasteiger partial charge in [0.1, 0.15) is 17.1 Å². The number of carboxylic acids is 1. The van der Waals surface area contributed by atoms with E-state index in [1.54, 1.807) is 20.8 Å². The molecule has 132 valence electrons. The van der Waals surface area contributed by atoms with Gasteiger partial charge < -0.3 is 14.4 Å². The fourth-order valence-corrected chi connectivity index (χ4v) is 2.48. The minimum atomic E-state index is -1.40. The zero-order valence-corrected chi connectivity index (χ0v) is 14.1. The minimum Gasteiger partial charge on any atom is -0.477 e. The molecular formula is C18H18FNO5. The number of carbonyl (C=O) groups excluding carboxylic acids is 1. The van der Waals surface area contributed by atoms with E-state index in [9.17, 15) is 23.9 Å². The first-order chi connectivity index (χ1) is 11.8. The predicted molar refractivity (Wildman–Crippen MR) is 89.4 cm³/mol. The number of halogens is 1. The van der Waals surface area contributed by atoms with Gasteiger partial charge in [-0.25, -0.2) is 14.0 Å². The van der Waals surface area contributed by atoms with Crippen LogP contribution in [0.25, 0.3) is 11.1 Å². The summed E-state index contributed by atoms with van der Waals surface area (Å²) in [5.74, 6) is -2.66. The van der Waals surface area contributed by atoms with E-state index in [1.807, 2.05) is 0 Å². The molecule has 0 aliphatic heterocycles. The Hall–Kier alpha value is -2.96. The van der Waals surface area contributed by atoms with Crippen LogP contribution in [-0.4, -0.2) is 28.2 Å². The molecular weight excluding hydrogens is 329 g/mol. The molecule has 0 saturated carbocycles. The third kappa shape index (κ3) is 3.60. The Morgan fingerprint density at radius 1 is 1.24 bits per heavy atom. The van der Waals surface area contributed by atoms with Crippen LogP contribution in [-0.2, 0) is 4.74 Å². The highest BCUT2D eigenvalue weighted by Gasteiger charge is 2.26. The lowest BCUT2D eigenvalue weighted by atomic mass is 10.00.